The maximum absolute atomic E-state index is 7.06. The van der Waals surface area contributed by atoms with E-state index in [1.54, 1.807) is 14.2 Å². The molecule has 3 N–H and O–H groups in total. The van der Waals surface area contributed by atoms with Gasteiger partial charge in [0.1, 0.15) is 17.2 Å². The van der Waals surface area contributed by atoms with Crippen molar-refractivity contribution in [3.8, 4) is 11.5 Å². The molecule has 5 nitrogen and oxygen atoms in total. The molecule has 1 fully saturated rings. The second-order valence-corrected chi connectivity index (χ2v) is 7.64. The first-order valence-corrected chi connectivity index (χ1v) is 9.95. The minimum absolute atomic E-state index is 0.189. The smallest absolute Gasteiger partial charge is 0.122 e. The Hall–Kier alpha value is -2.50. The van der Waals surface area contributed by atoms with Gasteiger partial charge in [-0.2, -0.15) is 0 Å². The lowest BCUT2D eigenvalue weighted by atomic mass is 9.84. The summed E-state index contributed by atoms with van der Waals surface area (Å²) in [5.74, 6) is 1.60. The van der Waals surface area contributed by atoms with Crippen LogP contribution in [0.3, 0.4) is 0 Å². The number of nitrogens with one attached hydrogen (secondary N) is 1. The number of rotatable bonds is 6. The summed E-state index contributed by atoms with van der Waals surface area (Å²) in [5, 5.41) is 4.96. The normalized spacial score (nSPS) is 22.3. The molecule has 4 rings (SSSR count). The second kappa shape index (κ2) is 7.86. The number of hydrogen-bond donors (Lipinski definition) is 2. The first kappa shape index (κ1) is 18.8. The third kappa shape index (κ3) is 3.48. The molecule has 0 spiro atoms. The molecule has 148 valence electrons. The number of nitrogens with zero attached hydrogens (tertiary/aromatic N) is 1. The summed E-state index contributed by atoms with van der Waals surface area (Å²) in [6, 6.07) is 16.8. The molecule has 1 aliphatic rings. The van der Waals surface area contributed by atoms with Crippen LogP contribution in [0.25, 0.3) is 10.9 Å². The first-order valence-electron chi connectivity index (χ1n) is 9.95. The van der Waals surface area contributed by atoms with Gasteiger partial charge in [0.25, 0.3) is 0 Å². The zero-order valence-corrected chi connectivity index (χ0v) is 16.7. The SMILES string of the molecule is COc1cc(CNC2CCCCC2(N)n2ccc3ccccc32)cc(OC)c1. The molecular formula is C23H29N3O2. The molecule has 1 aliphatic carbocycles. The van der Waals surface area contributed by atoms with E-state index < -0.39 is 5.66 Å². The molecule has 5 heteroatoms. The Labute approximate surface area is 166 Å². The Bertz CT molecular complexity index is 930. The predicted octanol–water partition coefficient (Wildman–Crippen LogP) is 4.00. The lowest BCUT2D eigenvalue weighted by Crippen LogP contribution is -2.59. The highest BCUT2D eigenvalue weighted by atomic mass is 16.5. The summed E-state index contributed by atoms with van der Waals surface area (Å²) in [7, 11) is 3.35. The topological polar surface area (TPSA) is 61.4 Å². The van der Waals surface area contributed by atoms with E-state index >= 15 is 0 Å². The van der Waals surface area contributed by atoms with Crippen molar-refractivity contribution in [2.24, 2.45) is 5.73 Å². The Morgan fingerprint density at radius 1 is 1.07 bits per heavy atom. The predicted molar refractivity (Wildman–Crippen MR) is 113 cm³/mol. The number of fused-ring (bicyclic) bond motifs is 1. The fourth-order valence-corrected chi connectivity index (χ4v) is 4.40. The van der Waals surface area contributed by atoms with Crippen LogP contribution in [0.15, 0.2) is 54.7 Å². The van der Waals surface area contributed by atoms with Crippen molar-refractivity contribution in [3.05, 3.63) is 60.3 Å². The van der Waals surface area contributed by atoms with Gasteiger partial charge in [-0.3, -0.25) is 0 Å². The lowest BCUT2D eigenvalue weighted by Gasteiger charge is -2.43. The average molecular weight is 380 g/mol. The van der Waals surface area contributed by atoms with E-state index in [2.05, 4.69) is 46.4 Å². The molecule has 0 radical (unpaired) electrons. The van der Waals surface area contributed by atoms with Crippen molar-refractivity contribution in [2.45, 2.75) is 43.9 Å². The Kier molecular flexibility index (Phi) is 5.29. The summed E-state index contributed by atoms with van der Waals surface area (Å²) in [5.41, 5.74) is 8.94. The maximum Gasteiger partial charge on any atom is 0.122 e. The largest absolute Gasteiger partial charge is 0.497 e. The van der Waals surface area contributed by atoms with Crippen LogP contribution in [-0.2, 0) is 12.2 Å². The van der Waals surface area contributed by atoms with Crippen molar-refractivity contribution in [2.75, 3.05) is 14.2 Å². The number of methoxy groups -OCH3 is 2. The highest BCUT2D eigenvalue weighted by molar-refractivity contribution is 5.80. The molecule has 0 bridgehead atoms. The fourth-order valence-electron chi connectivity index (χ4n) is 4.40. The van der Waals surface area contributed by atoms with E-state index in [-0.39, 0.29) is 6.04 Å². The van der Waals surface area contributed by atoms with Crippen LogP contribution in [0.2, 0.25) is 0 Å². The van der Waals surface area contributed by atoms with Gasteiger partial charge in [0, 0.05) is 30.4 Å². The maximum atomic E-state index is 7.06. The molecule has 2 atom stereocenters. The minimum Gasteiger partial charge on any atom is -0.497 e. The van der Waals surface area contributed by atoms with E-state index in [9.17, 15) is 0 Å². The molecule has 28 heavy (non-hydrogen) atoms. The van der Waals surface area contributed by atoms with E-state index in [4.69, 9.17) is 15.2 Å². The van der Waals surface area contributed by atoms with Gasteiger partial charge < -0.3 is 25.1 Å². The molecule has 2 aromatic carbocycles. The number of hydrogen-bond acceptors (Lipinski definition) is 4. The van der Waals surface area contributed by atoms with Crippen molar-refractivity contribution in [3.63, 3.8) is 0 Å². The van der Waals surface area contributed by atoms with E-state index in [0.717, 1.165) is 42.9 Å². The molecule has 0 aliphatic heterocycles. The van der Waals surface area contributed by atoms with Crippen molar-refractivity contribution < 1.29 is 9.47 Å². The summed E-state index contributed by atoms with van der Waals surface area (Å²) in [6.07, 6.45) is 6.50. The van der Waals surface area contributed by atoms with Crippen LogP contribution in [0.4, 0.5) is 0 Å². The van der Waals surface area contributed by atoms with Gasteiger partial charge in [0.2, 0.25) is 0 Å². The zero-order valence-electron chi connectivity index (χ0n) is 16.7. The Morgan fingerprint density at radius 3 is 2.57 bits per heavy atom. The van der Waals surface area contributed by atoms with Gasteiger partial charge in [-0.25, -0.2) is 0 Å². The van der Waals surface area contributed by atoms with Crippen LogP contribution in [0.5, 0.6) is 11.5 Å². The first-order chi connectivity index (χ1) is 13.6. The number of benzene rings is 2. The second-order valence-electron chi connectivity index (χ2n) is 7.64. The van der Waals surface area contributed by atoms with E-state index in [0.29, 0.717) is 0 Å². The van der Waals surface area contributed by atoms with Crippen LogP contribution in [0, 0.1) is 0 Å². The van der Waals surface area contributed by atoms with Crippen molar-refractivity contribution in [1.82, 2.24) is 9.88 Å². The lowest BCUT2D eigenvalue weighted by molar-refractivity contribution is 0.142. The minimum atomic E-state index is -0.440. The van der Waals surface area contributed by atoms with Gasteiger partial charge in [0.15, 0.2) is 0 Å². The number of aromatic nitrogens is 1. The third-order valence-electron chi connectivity index (χ3n) is 5.94. The van der Waals surface area contributed by atoms with Gasteiger partial charge in [-0.1, -0.05) is 24.6 Å². The Balaban J connectivity index is 1.59. The zero-order chi connectivity index (χ0) is 19.6. The molecule has 3 aromatic rings. The van der Waals surface area contributed by atoms with Crippen LogP contribution < -0.4 is 20.5 Å². The monoisotopic (exact) mass is 379 g/mol. The van der Waals surface area contributed by atoms with E-state index in [1.165, 1.54) is 17.3 Å². The van der Waals surface area contributed by atoms with Crippen LogP contribution in [-0.4, -0.2) is 24.8 Å². The third-order valence-corrected chi connectivity index (χ3v) is 5.94. The summed E-state index contributed by atoms with van der Waals surface area (Å²) < 4.78 is 13.1. The number of nitrogens with two attached hydrogens (primary N) is 1. The number of para-hydroxylation sites is 1. The molecular weight excluding hydrogens is 350 g/mol. The van der Waals surface area contributed by atoms with Crippen molar-refractivity contribution in [1.29, 1.82) is 0 Å². The highest BCUT2D eigenvalue weighted by Gasteiger charge is 2.39. The average Bonchev–Trinajstić information content (AvgIpc) is 3.18. The Morgan fingerprint density at radius 2 is 1.82 bits per heavy atom. The molecule has 1 heterocycles. The molecule has 1 aromatic heterocycles. The highest BCUT2D eigenvalue weighted by Crippen LogP contribution is 2.34. The van der Waals surface area contributed by atoms with Crippen LogP contribution in [0.1, 0.15) is 31.2 Å². The quantitative estimate of drug-likeness (QED) is 0.679. The van der Waals surface area contributed by atoms with E-state index in [1.807, 2.05) is 18.2 Å². The number of ether oxygens (including phenoxy) is 2. The van der Waals surface area contributed by atoms with Gasteiger partial charge in [-0.05, 0) is 54.5 Å². The summed E-state index contributed by atoms with van der Waals surface area (Å²) in [6.45, 7) is 0.719. The van der Waals surface area contributed by atoms with Crippen LogP contribution >= 0.6 is 0 Å². The van der Waals surface area contributed by atoms with Crippen molar-refractivity contribution >= 4 is 10.9 Å². The summed E-state index contributed by atoms with van der Waals surface area (Å²) >= 11 is 0. The molecule has 0 saturated heterocycles. The molecule has 1 saturated carbocycles. The molecule has 0 amide bonds. The molecule has 2 unspecified atom stereocenters. The summed E-state index contributed by atoms with van der Waals surface area (Å²) in [4.78, 5) is 0. The fraction of sp³-hybridized carbons (Fsp3) is 0.391. The van der Waals surface area contributed by atoms with Gasteiger partial charge >= 0.3 is 0 Å². The van der Waals surface area contributed by atoms with Gasteiger partial charge in [0.05, 0.1) is 14.2 Å². The standard InChI is InChI=1S/C23H29N3O2/c1-27-19-13-17(14-20(15-19)28-2)16-25-22-9-5-6-11-23(22,24)26-12-10-18-7-3-4-8-21(18)26/h3-4,7-8,10,12-15,22,25H,5-6,9,11,16,24H2,1-2H3. The van der Waals surface area contributed by atoms with Gasteiger partial charge in [-0.15, -0.1) is 0 Å².